The molecule has 6 heteroatoms. The predicted octanol–water partition coefficient (Wildman–Crippen LogP) is 4.65. The molecule has 0 saturated heterocycles. The third kappa shape index (κ3) is 3.55. The summed E-state index contributed by atoms with van der Waals surface area (Å²) in [5.74, 6) is 0. The largest absolute Gasteiger partial charge is 0.243 e. The molecule has 3 nitrogen and oxygen atoms in total. The fourth-order valence-corrected chi connectivity index (χ4v) is 5.40. The Bertz CT molecular complexity index is 610. The molecule has 0 amide bonds. The Morgan fingerprint density at radius 2 is 1.71 bits per heavy atom. The molecule has 21 heavy (non-hydrogen) atoms. The lowest BCUT2D eigenvalue weighted by Gasteiger charge is -2.33. The van der Waals surface area contributed by atoms with E-state index in [1.165, 1.54) is 12.5 Å². The molecule has 0 unspecified atom stereocenters. The van der Waals surface area contributed by atoms with Crippen molar-refractivity contribution in [2.45, 2.75) is 56.9 Å². The van der Waals surface area contributed by atoms with Crippen LogP contribution in [0.1, 0.15) is 44.6 Å². The van der Waals surface area contributed by atoms with Gasteiger partial charge < -0.3 is 0 Å². The average Bonchev–Trinajstić information content (AvgIpc) is 2.44. The number of halogens is 2. The van der Waals surface area contributed by atoms with Crippen molar-refractivity contribution in [3.8, 4) is 0 Å². The zero-order valence-electron chi connectivity index (χ0n) is 12.4. The van der Waals surface area contributed by atoms with Gasteiger partial charge in [0.05, 0.1) is 14.9 Å². The third-order valence-corrected chi connectivity index (χ3v) is 6.99. The molecule has 118 valence electrons. The highest BCUT2D eigenvalue weighted by molar-refractivity contribution is 7.89. The van der Waals surface area contributed by atoms with Crippen molar-refractivity contribution in [1.82, 2.24) is 4.31 Å². The normalized spacial score (nSPS) is 17.4. The van der Waals surface area contributed by atoms with Crippen molar-refractivity contribution in [1.29, 1.82) is 0 Å². The van der Waals surface area contributed by atoms with Gasteiger partial charge in [-0.2, -0.15) is 4.31 Å². The van der Waals surface area contributed by atoms with Crippen molar-refractivity contribution in [3.63, 3.8) is 0 Å². The standard InChI is InChI=1S/C15H21Cl2NO2S/c1-3-18(12-7-5-4-6-8-12)21(19,20)15-10-14(17)13(16)9-11(15)2/h9-10,12H,3-8H2,1-2H3. The summed E-state index contributed by atoms with van der Waals surface area (Å²) in [5.41, 5.74) is 0.638. The molecule has 1 saturated carbocycles. The van der Waals surface area contributed by atoms with E-state index < -0.39 is 10.0 Å². The van der Waals surface area contributed by atoms with E-state index in [1.807, 2.05) is 6.92 Å². The Morgan fingerprint density at radius 3 is 2.29 bits per heavy atom. The third-order valence-electron chi connectivity index (χ3n) is 4.10. The van der Waals surface area contributed by atoms with Crippen LogP contribution in [0.3, 0.4) is 0 Å². The molecule has 0 atom stereocenters. The monoisotopic (exact) mass is 349 g/mol. The van der Waals surface area contributed by atoms with Crippen LogP contribution >= 0.6 is 23.2 Å². The van der Waals surface area contributed by atoms with Crippen LogP contribution < -0.4 is 0 Å². The lowest BCUT2D eigenvalue weighted by atomic mass is 9.95. The molecule has 2 rings (SSSR count). The molecule has 0 N–H and O–H groups in total. The minimum Gasteiger partial charge on any atom is -0.207 e. The second-order valence-corrected chi connectivity index (χ2v) is 8.21. The quantitative estimate of drug-likeness (QED) is 0.793. The van der Waals surface area contributed by atoms with Gasteiger partial charge in [-0.25, -0.2) is 8.42 Å². The zero-order chi connectivity index (χ0) is 15.6. The maximum absolute atomic E-state index is 13.0. The molecule has 0 spiro atoms. The molecule has 0 aromatic heterocycles. The molecule has 1 aliphatic carbocycles. The first-order valence-corrected chi connectivity index (χ1v) is 9.55. The number of sulfonamides is 1. The van der Waals surface area contributed by atoms with Gasteiger partial charge in [0.15, 0.2) is 0 Å². The minimum atomic E-state index is -3.53. The lowest BCUT2D eigenvalue weighted by molar-refractivity contribution is 0.261. The topological polar surface area (TPSA) is 37.4 Å². The van der Waals surface area contributed by atoms with Crippen LogP contribution in [0, 0.1) is 6.92 Å². The molecule has 1 fully saturated rings. The molecule has 0 heterocycles. The highest BCUT2D eigenvalue weighted by Gasteiger charge is 2.32. The van der Waals surface area contributed by atoms with E-state index in [0.717, 1.165) is 25.7 Å². The SMILES string of the molecule is CCN(C1CCCCC1)S(=O)(=O)c1cc(Cl)c(Cl)cc1C. The summed E-state index contributed by atoms with van der Waals surface area (Å²) < 4.78 is 27.6. The van der Waals surface area contributed by atoms with Crippen molar-refractivity contribution < 1.29 is 8.42 Å². The molecule has 1 aliphatic rings. The van der Waals surface area contributed by atoms with E-state index in [2.05, 4.69) is 0 Å². The predicted molar refractivity (Wildman–Crippen MR) is 87.6 cm³/mol. The van der Waals surface area contributed by atoms with Crippen LogP contribution in [-0.2, 0) is 10.0 Å². The Hall–Kier alpha value is -0.290. The summed E-state index contributed by atoms with van der Waals surface area (Å²) in [4.78, 5) is 0.268. The fourth-order valence-electron chi connectivity index (χ4n) is 3.03. The van der Waals surface area contributed by atoms with E-state index in [1.54, 1.807) is 17.3 Å². The van der Waals surface area contributed by atoms with Crippen LogP contribution in [0.5, 0.6) is 0 Å². The van der Waals surface area contributed by atoms with Crippen LogP contribution in [0.4, 0.5) is 0 Å². The average molecular weight is 350 g/mol. The van der Waals surface area contributed by atoms with E-state index in [4.69, 9.17) is 23.2 Å². The highest BCUT2D eigenvalue weighted by atomic mass is 35.5. The Balaban J connectivity index is 2.41. The Labute approximate surface area is 137 Å². The summed E-state index contributed by atoms with van der Waals surface area (Å²) in [6.07, 6.45) is 5.26. The van der Waals surface area contributed by atoms with E-state index in [-0.39, 0.29) is 16.0 Å². The number of hydrogen-bond donors (Lipinski definition) is 0. The van der Waals surface area contributed by atoms with E-state index in [0.29, 0.717) is 17.1 Å². The maximum Gasteiger partial charge on any atom is 0.243 e. The molecular weight excluding hydrogens is 329 g/mol. The second-order valence-electron chi connectivity index (χ2n) is 5.53. The van der Waals surface area contributed by atoms with Crippen molar-refractivity contribution in [2.24, 2.45) is 0 Å². The molecule has 0 aliphatic heterocycles. The number of aryl methyl sites for hydroxylation is 1. The molecule has 1 aromatic rings. The Kier molecular flexibility index (Phi) is 5.58. The van der Waals surface area contributed by atoms with Gasteiger partial charge in [-0.05, 0) is 37.5 Å². The Morgan fingerprint density at radius 1 is 1.14 bits per heavy atom. The van der Waals surface area contributed by atoms with Gasteiger partial charge in [-0.15, -0.1) is 0 Å². The van der Waals surface area contributed by atoms with Crippen LogP contribution in [-0.4, -0.2) is 25.3 Å². The van der Waals surface area contributed by atoms with Crippen LogP contribution in [0.25, 0.3) is 0 Å². The molecule has 0 radical (unpaired) electrons. The zero-order valence-corrected chi connectivity index (χ0v) is 14.7. The van der Waals surface area contributed by atoms with Gasteiger partial charge >= 0.3 is 0 Å². The fraction of sp³-hybridized carbons (Fsp3) is 0.600. The first-order valence-electron chi connectivity index (χ1n) is 7.35. The molecular formula is C15H21Cl2NO2S. The van der Waals surface area contributed by atoms with Crippen molar-refractivity contribution in [3.05, 3.63) is 27.7 Å². The number of nitrogens with zero attached hydrogens (tertiary/aromatic N) is 1. The summed E-state index contributed by atoms with van der Waals surface area (Å²) >= 11 is 12.0. The van der Waals surface area contributed by atoms with Crippen LogP contribution in [0.15, 0.2) is 17.0 Å². The van der Waals surface area contributed by atoms with E-state index >= 15 is 0 Å². The maximum atomic E-state index is 13.0. The summed E-state index contributed by atoms with van der Waals surface area (Å²) in [5, 5.41) is 0.661. The number of hydrogen-bond acceptors (Lipinski definition) is 2. The van der Waals surface area contributed by atoms with E-state index in [9.17, 15) is 8.42 Å². The van der Waals surface area contributed by atoms with Gasteiger partial charge in [0, 0.05) is 12.6 Å². The molecule has 0 bridgehead atoms. The van der Waals surface area contributed by atoms with Crippen molar-refractivity contribution >= 4 is 33.2 Å². The smallest absolute Gasteiger partial charge is 0.207 e. The lowest BCUT2D eigenvalue weighted by Crippen LogP contribution is -2.41. The van der Waals surface area contributed by atoms with Crippen LogP contribution in [0.2, 0.25) is 10.0 Å². The molecule has 1 aromatic carbocycles. The van der Waals surface area contributed by atoms with Crippen molar-refractivity contribution in [2.75, 3.05) is 6.54 Å². The summed E-state index contributed by atoms with van der Waals surface area (Å²) in [6.45, 7) is 4.12. The summed E-state index contributed by atoms with van der Waals surface area (Å²) in [7, 11) is -3.53. The highest BCUT2D eigenvalue weighted by Crippen LogP contribution is 2.32. The van der Waals surface area contributed by atoms with Gasteiger partial charge in [-0.3, -0.25) is 0 Å². The van der Waals surface area contributed by atoms with Gasteiger partial charge in [-0.1, -0.05) is 49.4 Å². The van der Waals surface area contributed by atoms with Gasteiger partial charge in [0.25, 0.3) is 0 Å². The second kappa shape index (κ2) is 6.86. The van der Waals surface area contributed by atoms with Gasteiger partial charge in [0.1, 0.15) is 0 Å². The minimum absolute atomic E-state index is 0.0996. The first-order chi connectivity index (χ1) is 9.87. The van der Waals surface area contributed by atoms with Gasteiger partial charge in [0.2, 0.25) is 10.0 Å². The first kappa shape index (κ1) is 17.1. The summed E-state index contributed by atoms with van der Waals surface area (Å²) in [6, 6.07) is 3.19. The number of rotatable bonds is 4. The number of benzene rings is 1.